The quantitative estimate of drug-likeness (QED) is 0.774. The maximum atomic E-state index is 9.75. The van der Waals surface area contributed by atoms with Crippen LogP contribution in [0.4, 0.5) is 0 Å². The Bertz CT molecular complexity index is 297. The Morgan fingerprint density at radius 3 is 2.31 bits per heavy atom. The largest absolute Gasteiger partial charge is 0.394 e. The third-order valence-electron chi connectivity index (χ3n) is 2.84. The van der Waals surface area contributed by atoms with Crippen molar-refractivity contribution in [3.63, 3.8) is 0 Å². The van der Waals surface area contributed by atoms with Gasteiger partial charge >= 0.3 is 0 Å². The lowest BCUT2D eigenvalue weighted by atomic mass is 9.85. The van der Waals surface area contributed by atoms with Crippen LogP contribution in [-0.4, -0.2) is 17.8 Å². The zero-order valence-corrected chi connectivity index (χ0v) is 10.5. The molecule has 0 saturated heterocycles. The Morgan fingerprint density at radius 2 is 1.88 bits per heavy atom. The lowest BCUT2D eigenvalue weighted by Gasteiger charge is -2.35. The summed E-state index contributed by atoms with van der Waals surface area (Å²) in [6, 6.07) is 10.6. The van der Waals surface area contributed by atoms with Gasteiger partial charge in [0.05, 0.1) is 12.1 Å². The predicted molar refractivity (Wildman–Crippen MR) is 68.4 cm³/mol. The molecule has 1 atom stereocenters. The van der Waals surface area contributed by atoms with Crippen molar-refractivity contribution in [1.82, 2.24) is 5.32 Å². The summed E-state index contributed by atoms with van der Waals surface area (Å²) in [6.45, 7) is 6.52. The van der Waals surface area contributed by atoms with Crippen molar-refractivity contribution in [2.24, 2.45) is 0 Å². The van der Waals surface area contributed by atoms with Gasteiger partial charge in [0.1, 0.15) is 0 Å². The minimum absolute atomic E-state index is 0.142. The normalized spacial score (nSPS) is 15.1. The van der Waals surface area contributed by atoms with E-state index in [-0.39, 0.29) is 12.1 Å². The van der Waals surface area contributed by atoms with E-state index < -0.39 is 0 Å². The number of rotatable bonds is 6. The molecule has 0 aromatic heterocycles. The van der Waals surface area contributed by atoms with Crippen LogP contribution in [0.15, 0.2) is 30.3 Å². The first-order chi connectivity index (χ1) is 7.64. The first kappa shape index (κ1) is 13.2. The Morgan fingerprint density at radius 1 is 1.25 bits per heavy atom. The van der Waals surface area contributed by atoms with Crippen LogP contribution in [0.5, 0.6) is 0 Å². The van der Waals surface area contributed by atoms with Gasteiger partial charge in [-0.1, -0.05) is 43.7 Å². The highest BCUT2D eigenvalue weighted by Gasteiger charge is 2.30. The second-order valence-electron chi connectivity index (χ2n) is 4.66. The number of aliphatic hydroxyl groups is 1. The van der Waals surface area contributed by atoms with Crippen LogP contribution in [0.3, 0.4) is 0 Å². The smallest absolute Gasteiger partial charge is 0.0670 e. The lowest BCUT2D eigenvalue weighted by molar-refractivity contribution is 0.140. The monoisotopic (exact) mass is 221 g/mol. The molecule has 0 fully saturated rings. The van der Waals surface area contributed by atoms with E-state index in [2.05, 4.69) is 38.2 Å². The highest BCUT2D eigenvalue weighted by atomic mass is 16.3. The Hall–Kier alpha value is -0.860. The van der Waals surface area contributed by atoms with Crippen LogP contribution in [0.25, 0.3) is 0 Å². The molecule has 0 aliphatic heterocycles. The first-order valence-corrected chi connectivity index (χ1v) is 6.08. The van der Waals surface area contributed by atoms with Gasteiger partial charge in [-0.25, -0.2) is 0 Å². The van der Waals surface area contributed by atoms with Crippen molar-refractivity contribution >= 4 is 0 Å². The predicted octanol–water partition coefficient (Wildman–Crippen LogP) is 2.67. The van der Waals surface area contributed by atoms with E-state index in [1.807, 2.05) is 18.2 Å². The van der Waals surface area contributed by atoms with Crippen LogP contribution in [0.2, 0.25) is 0 Å². The van der Waals surface area contributed by atoms with Crippen molar-refractivity contribution in [3.8, 4) is 0 Å². The van der Waals surface area contributed by atoms with Gasteiger partial charge in [-0.3, -0.25) is 0 Å². The zero-order valence-electron chi connectivity index (χ0n) is 10.5. The molecule has 0 aliphatic carbocycles. The van der Waals surface area contributed by atoms with Gasteiger partial charge in [-0.05, 0) is 25.8 Å². The number of hydrogen-bond acceptors (Lipinski definition) is 2. The number of aliphatic hydroxyl groups excluding tert-OH is 1. The van der Waals surface area contributed by atoms with E-state index in [9.17, 15) is 5.11 Å². The van der Waals surface area contributed by atoms with Crippen LogP contribution in [0, 0.1) is 0 Å². The van der Waals surface area contributed by atoms with Gasteiger partial charge in [0.25, 0.3) is 0 Å². The summed E-state index contributed by atoms with van der Waals surface area (Å²) in [5, 5.41) is 13.3. The van der Waals surface area contributed by atoms with Crippen molar-refractivity contribution in [3.05, 3.63) is 35.9 Å². The molecule has 2 N–H and O–H groups in total. The summed E-state index contributed by atoms with van der Waals surface area (Å²) < 4.78 is 0. The third-order valence-corrected chi connectivity index (χ3v) is 2.84. The SMILES string of the molecule is CCCC(CO)(NC(C)C)c1ccccc1. The summed E-state index contributed by atoms with van der Waals surface area (Å²) in [7, 11) is 0. The first-order valence-electron chi connectivity index (χ1n) is 6.08. The van der Waals surface area contributed by atoms with E-state index in [1.54, 1.807) is 0 Å². The van der Waals surface area contributed by atoms with Crippen molar-refractivity contribution in [2.45, 2.75) is 45.2 Å². The van der Waals surface area contributed by atoms with Gasteiger partial charge < -0.3 is 10.4 Å². The van der Waals surface area contributed by atoms with Gasteiger partial charge in [-0.15, -0.1) is 0 Å². The molecule has 1 aromatic rings. The second-order valence-corrected chi connectivity index (χ2v) is 4.66. The molecule has 0 aliphatic rings. The molecule has 16 heavy (non-hydrogen) atoms. The molecule has 0 amide bonds. The van der Waals surface area contributed by atoms with Crippen LogP contribution < -0.4 is 5.32 Å². The molecular formula is C14H23NO. The van der Waals surface area contributed by atoms with E-state index >= 15 is 0 Å². The van der Waals surface area contributed by atoms with Gasteiger partial charge in [0.15, 0.2) is 0 Å². The summed E-state index contributed by atoms with van der Waals surface area (Å²) in [4.78, 5) is 0. The molecule has 0 spiro atoms. The fourth-order valence-corrected chi connectivity index (χ4v) is 2.25. The lowest BCUT2D eigenvalue weighted by Crippen LogP contribution is -2.48. The standard InChI is InChI=1S/C14H23NO/c1-4-10-14(11-16,15-12(2)3)13-8-6-5-7-9-13/h5-9,12,15-16H,4,10-11H2,1-3H3. The highest BCUT2D eigenvalue weighted by Crippen LogP contribution is 2.26. The molecular weight excluding hydrogens is 198 g/mol. The average Bonchev–Trinajstić information content (AvgIpc) is 2.29. The fraction of sp³-hybridized carbons (Fsp3) is 0.571. The van der Waals surface area contributed by atoms with Crippen LogP contribution >= 0.6 is 0 Å². The van der Waals surface area contributed by atoms with E-state index in [1.165, 1.54) is 5.56 Å². The molecule has 0 radical (unpaired) electrons. The molecule has 2 heteroatoms. The molecule has 1 unspecified atom stereocenters. The number of hydrogen-bond donors (Lipinski definition) is 2. The zero-order chi connectivity index (χ0) is 12.0. The van der Waals surface area contributed by atoms with Crippen LogP contribution in [0.1, 0.15) is 39.2 Å². The third kappa shape index (κ3) is 3.06. The van der Waals surface area contributed by atoms with Gasteiger partial charge in [0.2, 0.25) is 0 Å². The maximum absolute atomic E-state index is 9.75. The average molecular weight is 221 g/mol. The van der Waals surface area contributed by atoms with Crippen molar-refractivity contribution in [1.29, 1.82) is 0 Å². The Labute approximate surface area is 98.7 Å². The van der Waals surface area contributed by atoms with Crippen molar-refractivity contribution in [2.75, 3.05) is 6.61 Å². The van der Waals surface area contributed by atoms with Crippen LogP contribution in [-0.2, 0) is 5.54 Å². The number of benzene rings is 1. The summed E-state index contributed by atoms with van der Waals surface area (Å²) >= 11 is 0. The van der Waals surface area contributed by atoms with Gasteiger partial charge in [0, 0.05) is 6.04 Å². The maximum Gasteiger partial charge on any atom is 0.0670 e. The highest BCUT2D eigenvalue weighted by molar-refractivity contribution is 5.24. The fourth-order valence-electron chi connectivity index (χ4n) is 2.25. The number of nitrogens with one attached hydrogen (secondary N) is 1. The summed E-state index contributed by atoms with van der Waals surface area (Å²) in [5.74, 6) is 0. The minimum Gasteiger partial charge on any atom is -0.394 e. The molecule has 0 saturated carbocycles. The minimum atomic E-state index is -0.288. The molecule has 90 valence electrons. The Kier molecular flexibility index (Phi) is 4.97. The topological polar surface area (TPSA) is 32.3 Å². The van der Waals surface area contributed by atoms with Gasteiger partial charge in [-0.2, -0.15) is 0 Å². The molecule has 1 aromatic carbocycles. The summed E-state index contributed by atoms with van der Waals surface area (Å²) in [6.07, 6.45) is 2.00. The molecule has 2 nitrogen and oxygen atoms in total. The van der Waals surface area contributed by atoms with E-state index in [4.69, 9.17) is 0 Å². The van der Waals surface area contributed by atoms with Crippen molar-refractivity contribution < 1.29 is 5.11 Å². The second kappa shape index (κ2) is 6.02. The Balaban J connectivity index is 3.01. The van der Waals surface area contributed by atoms with E-state index in [0.29, 0.717) is 6.04 Å². The summed E-state index contributed by atoms with van der Waals surface area (Å²) in [5.41, 5.74) is 0.887. The molecule has 0 bridgehead atoms. The van der Waals surface area contributed by atoms with E-state index in [0.717, 1.165) is 12.8 Å². The molecule has 0 heterocycles. The molecule has 1 rings (SSSR count).